The molecule has 0 spiro atoms. The quantitative estimate of drug-likeness (QED) is 0.154. The Morgan fingerprint density at radius 1 is 0.262 bits per heavy atom. The zero-order valence-corrected chi connectivity index (χ0v) is 33.4. The summed E-state index contributed by atoms with van der Waals surface area (Å²) < 4.78 is 2.37. The van der Waals surface area contributed by atoms with Gasteiger partial charge in [-0.3, -0.25) is 9.97 Å². The van der Waals surface area contributed by atoms with E-state index in [1.165, 1.54) is 60.8 Å². The summed E-state index contributed by atoms with van der Waals surface area (Å²) in [5, 5.41) is 2.45. The molecule has 0 aliphatic rings. The lowest BCUT2D eigenvalue weighted by atomic mass is 9.86. The normalized spacial score (nSPS) is 11.3. The van der Waals surface area contributed by atoms with E-state index >= 15 is 0 Å². The van der Waals surface area contributed by atoms with Crippen LogP contribution in [0.25, 0.3) is 106 Å². The number of aromatic nitrogens is 3. The Morgan fingerprint density at radius 2 is 0.770 bits per heavy atom. The Hall–Kier alpha value is -8.14. The maximum Gasteiger partial charge on any atom is 0.0702 e. The van der Waals surface area contributed by atoms with Crippen LogP contribution in [0.3, 0.4) is 0 Å². The number of benzene rings is 8. The van der Waals surface area contributed by atoms with Crippen LogP contribution in [0.2, 0.25) is 0 Å². The zero-order chi connectivity index (χ0) is 40.5. The first-order valence-electron chi connectivity index (χ1n) is 20.7. The molecule has 286 valence electrons. The highest BCUT2D eigenvalue weighted by molar-refractivity contribution is 6.11. The average Bonchev–Trinajstić information content (AvgIpc) is 3.68. The SMILES string of the molecule is c1ccc(-n2c3ccccc3c3cc(-c4cc(-c5ccccn5)ccc4-c4ccccc4-c4cccc(-c5ccccc5-c5ccc(-c6ccccn6)cc5)c4)ccc32)cc1. The van der Waals surface area contributed by atoms with E-state index in [4.69, 9.17) is 4.98 Å². The Bertz CT molecular complexity index is 3330. The largest absolute Gasteiger partial charge is 0.309 e. The monoisotopic (exact) mass is 777 g/mol. The molecule has 0 fully saturated rings. The molecule has 3 heteroatoms. The maximum absolute atomic E-state index is 4.76. The standard InChI is InChI=1S/C58H39N3/c1-2-17-46(18-3-1)61-57-26-9-8-23-52(57)54-38-44(32-34-58(54)61)53-39-45(56-25-11-13-36-60-56)31-33-51(53)50-22-7-6-21-49(50)43-16-14-15-42(37-43)48-20-5-4-19-47(48)40-27-29-41(30-28-40)55-24-10-12-35-59-55/h1-39H. The summed E-state index contributed by atoms with van der Waals surface area (Å²) in [4.78, 5) is 9.31. The molecule has 0 aliphatic heterocycles. The second-order valence-corrected chi connectivity index (χ2v) is 15.4. The Kier molecular flexibility index (Phi) is 9.18. The number of rotatable bonds is 8. The molecule has 0 radical (unpaired) electrons. The molecule has 11 rings (SSSR count). The first-order valence-corrected chi connectivity index (χ1v) is 20.7. The first-order chi connectivity index (χ1) is 30.3. The molecule has 3 heterocycles. The summed E-state index contributed by atoms with van der Waals surface area (Å²) in [7, 11) is 0. The van der Waals surface area contributed by atoms with Crippen molar-refractivity contribution < 1.29 is 0 Å². The van der Waals surface area contributed by atoms with E-state index in [2.05, 4.69) is 216 Å². The van der Waals surface area contributed by atoms with Gasteiger partial charge in [0, 0.05) is 40.0 Å². The van der Waals surface area contributed by atoms with Gasteiger partial charge in [0.2, 0.25) is 0 Å². The number of hydrogen-bond acceptors (Lipinski definition) is 2. The smallest absolute Gasteiger partial charge is 0.0702 e. The maximum atomic E-state index is 4.76. The summed E-state index contributed by atoms with van der Waals surface area (Å²) >= 11 is 0. The highest BCUT2D eigenvalue weighted by Gasteiger charge is 2.18. The molecular formula is C58H39N3. The fourth-order valence-corrected chi connectivity index (χ4v) is 8.87. The van der Waals surface area contributed by atoms with Crippen molar-refractivity contribution in [2.24, 2.45) is 0 Å². The minimum Gasteiger partial charge on any atom is -0.309 e. The van der Waals surface area contributed by atoms with Crippen molar-refractivity contribution in [1.82, 2.24) is 14.5 Å². The van der Waals surface area contributed by atoms with Gasteiger partial charge in [-0.15, -0.1) is 0 Å². The molecular weight excluding hydrogens is 739 g/mol. The summed E-state index contributed by atoms with van der Waals surface area (Å²) in [6.07, 6.45) is 3.71. The second kappa shape index (κ2) is 15.6. The van der Waals surface area contributed by atoms with Gasteiger partial charge < -0.3 is 4.57 Å². The van der Waals surface area contributed by atoms with Crippen LogP contribution in [0.4, 0.5) is 0 Å². The number of nitrogens with zero attached hydrogens (tertiary/aromatic N) is 3. The van der Waals surface area contributed by atoms with E-state index < -0.39 is 0 Å². The average molecular weight is 778 g/mol. The summed E-state index contributed by atoms with van der Waals surface area (Å²) in [6.45, 7) is 0. The lowest BCUT2D eigenvalue weighted by Gasteiger charge is -2.17. The van der Waals surface area contributed by atoms with Gasteiger partial charge in [-0.05, 0) is 122 Å². The van der Waals surface area contributed by atoms with Gasteiger partial charge in [0.1, 0.15) is 0 Å². The fourth-order valence-electron chi connectivity index (χ4n) is 8.87. The predicted octanol–water partition coefficient (Wildman–Crippen LogP) is 15.2. The van der Waals surface area contributed by atoms with Crippen LogP contribution in [0.15, 0.2) is 237 Å². The van der Waals surface area contributed by atoms with Gasteiger partial charge in [-0.25, -0.2) is 0 Å². The van der Waals surface area contributed by atoms with Gasteiger partial charge in [-0.1, -0.05) is 158 Å². The van der Waals surface area contributed by atoms with E-state index in [-0.39, 0.29) is 0 Å². The van der Waals surface area contributed by atoms with E-state index in [1.807, 2.05) is 30.6 Å². The van der Waals surface area contributed by atoms with Crippen LogP contribution in [0, 0.1) is 0 Å². The third kappa shape index (κ3) is 6.69. The fraction of sp³-hybridized carbons (Fsp3) is 0. The van der Waals surface area contributed by atoms with Crippen LogP contribution in [0.1, 0.15) is 0 Å². The zero-order valence-electron chi connectivity index (χ0n) is 33.4. The lowest BCUT2D eigenvalue weighted by Crippen LogP contribution is -1.94. The number of pyridine rings is 2. The van der Waals surface area contributed by atoms with Crippen molar-refractivity contribution in [1.29, 1.82) is 0 Å². The molecule has 0 atom stereocenters. The van der Waals surface area contributed by atoms with E-state index in [9.17, 15) is 0 Å². The van der Waals surface area contributed by atoms with Crippen LogP contribution >= 0.6 is 0 Å². The third-order valence-electron chi connectivity index (χ3n) is 11.8. The second-order valence-electron chi connectivity index (χ2n) is 15.4. The van der Waals surface area contributed by atoms with Crippen molar-refractivity contribution in [3.8, 4) is 83.8 Å². The highest BCUT2D eigenvalue weighted by atomic mass is 15.0. The third-order valence-corrected chi connectivity index (χ3v) is 11.8. The predicted molar refractivity (Wildman–Crippen MR) is 254 cm³/mol. The van der Waals surface area contributed by atoms with Crippen molar-refractivity contribution in [3.63, 3.8) is 0 Å². The molecule has 8 aromatic carbocycles. The van der Waals surface area contributed by atoms with Crippen LogP contribution in [0.5, 0.6) is 0 Å². The van der Waals surface area contributed by atoms with E-state index in [0.717, 1.165) is 44.9 Å². The van der Waals surface area contributed by atoms with Crippen LogP contribution in [-0.4, -0.2) is 14.5 Å². The lowest BCUT2D eigenvalue weighted by molar-refractivity contribution is 1.18. The Labute approximate surface area is 355 Å². The topological polar surface area (TPSA) is 30.7 Å². The molecule has 0 saturated carbocycles. The summed E-state index contributed by atoms with van der Waals surface area (Å²) in [5.74, 6) is 0. The summed E-state index contributed by atoms with van der Waals surface area (Å²) in [5.41, 5.74) is 19.3. The first kappa shape index (κ1) is 36.0. The molecule has 0 N–H and O–H groups in total. The molecule has 11 aromatic rings. The number of fused-ring (bicyclic) bond motifs is 3. The number of para-hydroxylation sites is 2. The Morgan fingerprint density at radius 3 is 1.48 bits per heavy atom. The summed E-state index contributed by atoms with van der Waals surface area (Å²) in [6, 6.07) is 80.5. The van der Waals surface area contributed by atoms with Gasteiger partial charge in [0.05, 0.1) is 22.4 Å². The Balaban J connectivity index is 1.04. The molecule has 61 heavy (non-hydrogen) atoms. The van der Waals surface area contributed by atoms with Crippen molar-refractivity contribution >= 4 is 21.8 Å². The molecule has 0 aliphatic carbocycles. The minimum atomic E-state index is 0.947. The minimum absolute atomic E-state index is 0.947. The van der Waals surface area contributed by atoms with Crippen LogP contribution < -0.4 is 0 Å². The molecule has 0 bridgehead atoms. The molecule has 0 unspecified atom stereocenters. The van der Waals surface area contributed by atoms with Gasteiger partial charge in [0.15, 0.2) is 0 Å². The number of hydrogen-bond donors (Lipinski definition) is 0. The van der Waals surface area contributed by atoms with Gasteiger partial charge in [0.25, 0.3) is 0 Å². The van der Waals surface area contributed by atoms with Gasteiger partial charge in [-0.2, -0.15) is 0 Å². The van der Waals surface area contributed by atoms with Crippen LogP contribution in [-0.2, 0) is 0 Å². The molecule has 0 amide bonds. The van der Waals surface area contributed by atoms with Crippen molar-refractivity contribution in [3.05, 3.63) is 237 Å². The van der Waals surface area contributed by atoms with E-state index in [0.29, 0.717) is 0 Å². The molecule has 0 saturated heterocycles. The van der Waals surface area contributed by atoms with Crippen molar-refractivity contribution in [2.45, 2.75) is 0 Å². The van der Waals surface area contributed by atoms with E-state index in [1.54, 1.807) is 0 Å². The van der Waals surface area contributed by atoms with Gasteiger partial charge >= 0.3 is 0 Å². The molecule has 3 aromatic heterocycles. The highest BCUT2D eigenvalue weighted by Crippen LogP contribution is 2.43. The van der Waals surface area contributed by atoms with Crippen molar-refractivity contribution in [2.75, 3.05) is 0 Å². The molecule has 3 nitrogen and oxygen atoms in total.